The molecule has 1 amide bonds. The molecule has 0 aliphatic rings. The Bertz CT molecular complexity index is 661. The van der Waals surface area contributed by atoms with Crippen LogP contribution in [0.15, 0.2) is 42.5 Å². The van der Waals surface area contributed by atoms with Gasteiger partial charge >= 0.3 is 0 Å². The highest BCUT2D eigenvalue weighted by atomic mass is 35.5. The van der Waals surface area contributed by atoms with Crippen molar-refractivity contribution in [1.82, 2.24) is 0 Å². The first kappa shape index (κ1) is 16.0. The van der Waals surface area contributed by atoms with E-state index >= 15 is 0 Å². The van der Waals surface area contributed by atoms with E-state index in [1.165, 1.54) is 0 Å². The molecular formula is C15H12Cl3NO2. The average molecular weight is 345 g/mol. The summed E-state index contributed by atoms with van der Waals surface area (Å²) in [7, 11) is 0. The maximum atomic E-state index is 12.1. The highest BCUT2D eigenvalue weighted by Crippen LogP contribution is 2.25. The van der Waals surface area contributed by atoms with Crippen molar-refractivity contribution in [3.63, 3.8) is 0 Å². The van der Waals surface area contributed by atoms with Gasteiger partial charge in [0, 0.05) is 10.7 Å². The van der Waals surface area contributed by atoms with Gasteiger partial charge < -0.3 is 10.1 Å². The van der Waals surface area contributed by atoms with Crippen molar-refractivity contribution in [1.29, 1.82) is 0 Å². The van der Waals surface area contributed by atoms with E-state index in [0.717, 1.165) is 0 Å². The van der Waals surface area contributed by atoms with E-state index in [1.54, 1.807) is 49.4 Å². The van der Waals surface area contributed by atoms with Gasteiger partial charge in [0.2, 0.25) is 0 Å². The zero-order chi connectivity index (χ0) is 15.4. The zero-order valence-electron chi connectivity index (χ0n) is 11.1. The summed E-state index contributed by atoms with van der Waals surface area (Å²) in [6, 6.07) is 11.7. The highest BCUT2D eigenvalue weighted by molar-refractivity contribution is 6.42. The quantitative estimate of drug-likeness (QED) is 0.842. The monoisotopic (exact) mass is 343 g/mol. The van der Waals surface area contributed by atoms with Gasteiger partial charge in [-0.1, -0.05) is 40.9 Å². The van der Waals surface area contributed by atoms with E-state index in [4.69, 9.17) is 39.5 Å². The lowest BCUT2D eigenvalue weighted by molar-refractivity contribution is -0.122. The van der Waals surface area contributed by atoms with Crippen LogP contribution in [0, 0.1) is 0 Å². The summed E-state index contributed by atoms with van der Waals surface area (Å²) in [6.45, 7) is 1.65. The Morgan fingerprint density at radius 3 is 2.52 bits per heavy atom. The van der Waals surface area contributed by atoms with Crippen molar-refractivity contribution < 1.29 is 9.53 Å². The summed E-state index contributed by atoms with van der Waals surface area (Å²) < 4.78 is 5.53. The number of hydrogen-bond acceptors (Lipinski definition) is 2. The Morgan fingerprint density at radius 2 is 1.86 bits per heavy atom. The summed E-state index contributed by atoms with van der Waals surface area (Å²) in [5.74, 6) is 0.229. The molecule has 0 saturated heterocycles. The van der Waals surface area contributed by atoms with Gasteiger partial charge in [-0.2, -0.15) is 0 Å². The zero-order valence-corrected chi connectivity index (χ0v) is 13.3. The van der Waals surface area contributed by atoms with Crippen LogP contribution in [-0.2, 0) is 4.79 Å². The predicted octanol–water partition coefficient (Wildman–Crippen LogP) is 5.05. The van der Waals surface area contributed by atoms with Crippen molar-refractivity contribution >= 4 is 46.4 Å². The summed E-state index contributed by atoms with van der Waals surface area (Å²) in [4.78, 5) is 12.1. The Balaban J connectivity index is 2.00. The van der Waals surface area contributed by atoms with Crippen molar-refractivity contribution in [3.8, 4) is 5.75 Å². The molecule has 0 aliphatic heterocycles. The fourth-order valence-corrected chi connectivity index (χ4v) is 2.09. The normalized spacial score (nSPS) is 11.8. The number of benzene rings is 2. The van der Waals surface area contributed by atoms with Gasteiger partial charge in [0.15, 0.2) is 6.10 Å². The molecule has 110 valence electrons. The molecule has 0 aliphatic carbocycles. The van der Waals surface area contributed by atoms with E-state index in [1.807, 2.05) is 0 Å². The Hall–Kier alpha value is -1.42. The minimum Gasteiger partial charge on any atom is -0.481 e. The second-order valence-corrected chi connectivity index (χ2v) is 5.59. The molecule has 2 aromatic rings. The highest BCUT2D eigenvalue weighted by Gasteiger charge is 2.15. The van der Waals surface area contributed by atoms with Gasteiger partial charge in [-0.15, -0.1) is 0 Å². The lowest BCUT2D eigenvalue weighted by Gasteiger charge is -2.15. The van der Waals surface area contributed by atoms with Crippen LogP contribution in [0.4, 0.5) is 5.69 Å². The van der Waals surface area contributed by atoms with E-state index in [2.05, 4.69) is 5.32 Å². The fourth-order valence-electron chi connectivity index (χ4n) is 1.62. The Kier molecular flexibility index (Phi) is 5.34. The Labute approximate surface area is 137 Å². The second kappa shape index (κ2) is 7.03. The van der Waals surface area contributed by atoms with Crippen molar-refractivity contribution in [3.05, 3.63) is 57.5 Å². The van der Waals surface area contributed by atoms with Gasteiger partial charge in [-0.25, -0.2) is 0 Å². The maximum Gasteiger partial charge on any atom is 0.265 e. The van der Waals surface area contributed by atoms with Gasteiger partial charge in [0.05, 0.1) is 10.0 Å². The van der Waals surface area contributed by atoms with Crippen molar-refractivity contribution in [2.24, 2.45) is 0 Å². The number of ether oxygens (including phenoxy) is 1. The number of carbonyl (C=O) groups is 1. The number of halogens is 3. The standard InChI is InChI=1S/C15H12Cl3NO2/c1-9(21-12-4-2-3-10(16)7-12)15(20)19-11-5-6-13(17)14(18)8-11/h2-9H,1H3,(H,19,20)/t9-/m0/s1. The first-order valence-electron chi connectivity index (χ1n) is 6.14. The predicted molar refractivity (Wildman–Crippen MR) is 86.6 cm³/mol. The Morgan fingerprint density at radius 1 is 1.10 bits per heavy atom. The van der Waals surface area contributed by atoms with Crippen molar-refractivity contribution in [2.45, 2.75) is 13.0 Å². The summed E-state index contributed by atoms with van der Waals surface area (Å²) in [6.07, 6.45) is -0.682. The molecule has 21 heavy (non-hydrogen) atoms. The van der Waals surface area contributed by atoms with Gasteiger partial charge in [-0.05, 0) is 43.3 Å². The van der Waals surface area contributed by atoms with Crippen LogP contribution < -0.4 is 10.1 Å². The first-order valence-corrected chi connectivity index (χ1v) is 7.27. The summed E-state index contributed by atoms with van der Waals surface area (Å²) in [5.41, 5.74) is 0.552. The SMILES string of the molecule is C[C@H](Oc1cccc(Cl)c1)C(=O)Nc1ccc(Cl)c(Cl)c1. The largest absolute Gasteiger partial charge is 0.481 e. The molecule has 0 bridgehead atoms. The number of amides is 1. The van der Waals surface area contributed by atoms with Crippen LogP contribution in [0.25, 0.3) is 0 Å². The molecule has 0 fully saturated rings. The van der Waals surface area contributed by atoms with Crippen LogP contribution in [0.2, 0.25) is 15.1 Å². The van der Waals surface area contributed by atoms with Crippen LogP contribution in [-0.4, -0.2) is 12.0 Å². The van der Waals surface area contributed by atoms with E-state index in [9.17, 15) is 4.79 Å². The smallest absolute Gasteiger partial charge is 0.265 e. The van der Waals surface area contributed by atoms with Gasteiger partial charge in [0.1, 0.15) is 5.75 Å². The molecule has 0 spiro atoms. The molecule has 1 atom stereocenters. The molecule has 2 aromatic carbocycles. The third-order valence-electron chi connectivity index (χ3n) is 2.67. The van der Waals surface area contributed by atoms with E-state index in [0.29, 0.717) is 26.5 Å². The number of nitrogens with one attached hydrogen (secondary N) is 1. The number of rotatable bonds is 4. The molecule has 6 heteroatoms. The summed E-state index contributed by atoms with van der Waals surface area (Å²) >= 11 is 17.6. The molecule has 0 aromatic heterocycles. The van der Waals surface area contributed by atoms with Crippen molar-refractivity contribution in [2.75, 3.05) is 5.32 Å². The summed E-state index contributed by atoms with van der Waals surface area (Å²) in [5, 5.41) is 4.05. The molecule has 0 heterocycles. The van der Waals surface area contributed by atoms with Crippen LogP contribution in [0.5, 0.6) is 5.75 Å². The number of anilines is 1. The molecule has 0 unspecified atom stereocenters. The first-order chi connectivity index (χ1) is 9.95. The van der Waals surface area contributed by atoms with E-state index in [-0.39, 0.29) is 5.91 Å². The minimum atomic E-state index is -0.682. The van der Waals surface area contributed by atoms with E-state index < -0.39 is 6.10 Å². The molecule has 0 radical (unpaired) electrons. The van der Waals surface area contributed by atoms with Gasteiger partial charge in [-0.3, -0.25) is 4.79 Å². The topological polar surface area (TPSA) is 38.3 Å². The maximum absolute atomic E-state index is 12.1. The molecule has 2 rings (SSSR count). The molecule has 1 N–H and O–H groups in total. The number of hydrogen-bond donors (Lipinski definition) is 1. The number of carbonyl (C=O) groups excluding carboxylic acids is 1. The third-order valence-corrected chi connectivity index (χ3v) is 3.64. The second-order valence-electron chi connectivity index (χ2n) is 4.34. The average Bonchev–Trinajstić information content (AvgIpc) is 2.43. The fraction of sp³-hybridized carbons (Fsp3) is 0.133. The van der Waals surface area contributed by atoms with Crippen LogP contribution in [0.1, 0.15) is 6.92 Å². The lowest BCUT2D eigenvalue weighted by atomic mass is 10.3. The molecular weight excluding hydrogens is 333 g/mol. The molecule has 0 saturated carbocycles. The molecule has 3 nitrogen and oxygen atoms in total. The minimum absolute atomic E-state index is 0.298. The lowest BCUT2D eigenvalue weighted by Crippen LogP contribution is -2.30. The van der Waals surface area contributed by atoms with Gasteiger partial charge in [0.25, 0.3) is 5.91 Å². The third kappa shape index (κ3) is 4.53. The van der Waals surface area contributed by atoms with Crippen LogP contribution in [0.3, 0.4) is 0 Å². The van der Waals surface area contributed by atoms with Crippen LogP contribution >= 0.6 is 34.8 Å².